The van der Waals surface area contributed by atoms with Crippen LogP contribution in [0.15, 0.2) is 0 Å². The molecule has 0 fully saturated rings. The number of rotatable bonds is 9. The van der Waals surface area contributed by atoms with Gasteiger partial charge < -0.3 is 10.1 Å². The standard InChI is InChI=1S/C13H30N2O/c1-11(2)14-9-7-8-12(3)15(5)13(4)10-16-6/h11-14H,7-10H2,1-6H3. The summed E-state index contributed by atoms with van der Waals surface area (Å²) >= 11 is 0. The van der Waals surface area contributed by atoms with Crippen LogP contribution in [0.25, 0.3) is 0 Å². The number of nitrogens with zero attached hydrogens (tertiary/aromatic N) is 1. The lowest BCUT2D eigenvalue weighted by molar-refractivity contribution is 0.0907. The molecule has 0 aliphatic carbocycles. The number of ether oxygens (including phenoxy) is 1. The van der Waals surface area contributed by atoms with Crippen molar-refractivity contribution in [3.63, 3.8) is 0 Å². The minimum Gasteiger partial charge on any atom is -0.383 e. The van der Waals surface area contributed by atoms with E-state index in [0.717, 1.165) is 13.2 Å². The molecule has 1 N–H and O–H groups in total. The molecule has 0 aliphatic heterocycles. The Bertz CT molecular complexity index is 162. The smallest absolute Gasteiger partial charge is 0.0615 e. The minimum atomic E-state index is 0.498. The average Bonchev–Trinajstić information content (AvgIpc) is 2.23. The summed E-state index contributed by atoms with van der Waals surface area (Å²) in [6.07, 6.45) is 2.48. The molecule has 3 heteroatoms. The average molecular weight is 230 g/mol. The molecule has 0 aliphatic rings. The molecule has 2 atom stereocenters. The zero-order chi connectivity index (χ0) is 12.6. The van der Waals surface area contributed by atoms with Crippen molar-refractivity contribution in [2.75, 3.05) is 27.3 Å². The van der Waals surface area contributed by atoms with Crippen molar-refractivity contribution >= 4 is 0 Å². The van der Waals surface area contributed by atoms with Crippen molar-refractivity contribution in [3.8, 4) is 0 Å². The Morgan fingerprint density at radius 2 is 1.75 bits per heavy atom. The van der Waals surface area contributed by atoms with Crippen molar-refractivity contribution in [1.29, 1.82) is 0 Å². The highest BCUT2D eigenvalue weighted by atomic mass is 16.5. The first-order valence-corrected chi connectivity index (χ1v) is 6.43. The molecule has 0 aromatic rings. The Balaban J connectivity index is 3.66. The largest absolute Gasteiger partial charge is 0.383 e. The number of hydrogen-bond acceptors (Lipinski definition) is 3. The lowest BCUT2D eigenvalue weighted by atomic mass is 10.1. The fourth-order valence-electron chi connectivity index (χ4n) is 1.79. The topological polar surface area (TPSA) is 24.5 Å². The summed E-state index contributed by atoms with van der Waals surface area (Å²) in [5.74, 6) is 0. The second-order valence-electron chi connectivity index (χ2n) is 5.07. The van der Waals surface area contributed by atoms with Gasteiger partial charge in [-0.25, -0.2) is 0 Å². The Morgan fingerprint density at radius 3 is 2.25 bits per heavy atom. The van der Waals surface area contributed by atoms with E-state index < -0.39 is 0 Å². The number of likely N-dealkylation sites (N-methyl/N-ethyl adjacent to an activating group) is 1. The van der Waals surface area contributed by atoms with E-state index in [0.29, 0.717) is 18.1 Å². The second-order valence-corrected chi connectivity index (χ2v) is 5.07. The number of hydrogen-bond donors (Lipinski definition) is 1. The third-order valence-corrected chi connectivity index (χ3v) is 3.15. The first-order valence-electron chi connectivity index (χ1n) is 6.43. The van der Waals surface area contributed by atoms with Gasteiger partial charge in [0.05, 0.1) is 6.61 Å². The van der Waals surface area contributed by atoms with Crippen molar-refractivity contribution in [1.82, 2.24) is 10.2 Å². The maximum absolute atomic E-state index is 5.18. The molecule has 0 bridgehead atoms. The summed E-state index contributed by atoms with van der Waals surface area (Å²) in [6.45, 7) is 10.8. The molecular weight excluding hydrogens is 200 g/mol. The van der Waals surface area contributed by atoms with E-state index in [2.05, 4.69) is 45.0 Å². The van der Waals surface area contributed by atoms with E-state index in [-0.39, 0.29) is 0 Å². The van der Waals surface area contributed by atoms with Crippen LogP contribution < -0.4 is 5.32 Å². The van der Waals surface area contributed by atoms with Gasteiger partial charge in [0.1, 0.15) is 0 Å². The fraction of sp³-hybridized carbons (Fsp3) is 1.00. The third kappa shape index (κ3) is 7.20. The summed E-state index contributed by atoms with van der Waals surface area (Å²) in [7, 11) is 3.95. The summed E-state index contributed by atoms with van der Waals surface area (Å²) in [5.41, 5.74) is 0. The summed E-state index contributed by atoms with van der Waals surface area (Å²) in [4.78, 5) is 2.40. The summed E-state index contributed by atoms with van der Waals surface area (Å²) < 4.78 is 5.18. The van der Waals surface area contributed by atoms with Crippen LogP contribution in [-0.4, -0.2) is 50.3 Å². The molecule has 16 heavy (non-hydrogen) atoms. The van der Waals surface area contributed by atoms with E-state index >= 15 is 0 Å². The fourth-order valence-corrected chi connectivity index (χ4v) is 1.79. The molecule has 0 aromatic carbocycles. The molecule has 0 heterocycles. The lowest BCUT2D eigenvalue weighted by Gasteiger charge is -2.30. The lowest BCUT2D eigenvalue weighted by Crippen LogP contribution is -2.39. The molecule has 0 aromatic heterocycles. The van der Waals surface area contributed by atoms with E-state index in [1.807, 2.05) is 0 Å². The van der Waals surface area contributed by atoms with Gasteiger partial charge in [-0.1, -0.05) is 13.8 Å². The zero-order valence-electron chi connectivity index (χ0n) is 11.9. The van der Waals surface area contributed by atoms with Gasteiger partial charge in [0.15, 0.2) is 0 Å². The molecule has 0 saturated carbocycles. The predicted molar refractivity (Wildman–Crippen MR) is 70.9 cm³/mol. The van der Waals surface area contributed by atoms with E-state index in [4.69, 9.17) is 4.74 Å². The van der Waals surface area contributed by atoms with Crippen LogP contribution in [-0.2, 0) is 4.74 Å². The molecular formula is C13H30N2O. The number of nitrogens with one attached hydrogen (secondary N) is 1. The van der Waals surface area contributed by atoms with Crippen molar-refractivity contribution in [2.24, 2.45) is 0 Å². The van der Waals surface area contributed by atoms with E-state index in [9.17, 15) is 0 Å². The molecule has 0 radical (unpaired) electrons. The van der Waals surface area contributed by atoms with E-state index in [1.165, 1.54) is 12.8 Å². The van der Waals surface area contributed by atoms with Crippen LogP contribution >= 0.6 is 0 Å². The third-order valence-electron chi connectivity index (χ3n) is 3.15. The van der Waals surface area contributed by atoms with Gasteiger partial charge in [0.2, 0.25) is 0 Å². The van der Waals surface area contributed by atoms with Crippen LogP contribution in [0.5, 0.6) is 0 Å². The first-order chi connectivity index (χ1) is 7.49. The highest BCUT2D eigenvalue weighted by Gasteiger charge is 2.14. The number of methoxy groups -OCH3 is 1. The van der Waals surface area contributed by atoms with Crippen LogP contribution in [0.4, 0.5) is 0 Å². The molecule has 98 valence electrons. The summed E-state index contributed by atoms with van der Waals surface area (Å²) in [5, 5.41) is 3.45. The Kier molecular flexibility index (Phi) is 8.90. The second kappa shape index (κ2) is 8.97. The molecule has 0 saturated heterocycles. The highest BCUT2D eigenvalue weighted by Crippen LogP contribution is 2.08. The van der Waals surface area contributed by atoms with Crippen LogP contribution in [0, 0.1) is 0 Å². The zero-order valence-corrected chi connectivity index (χ0v) is 11.9. The maximum atomic E-state index is 5.18. The summed E-state index contributed by atoms with van der Waals surface area (Å²) in [6, 6.07) is 1.72. The molecule has 3 nitrogen and oxygen atoms in total. The van der Waals surface area contributed by atoms with Gasteiger partial charge in [0, 0.05) is 25.2 Å². The van der Waals surface area contributed by atoms with Crippen molar-refractivity contribution in [2.45, 2.75) is 58.7 Å². The van der Waals surface area contributed by atoms with Gasteiger partial charge in [-0.3, -0.25) is 4.90 Å². The Labute approximate surface area is 102 Å². The molecule has 0 amide bonds. The van der Waals surface area contributed by atoms with Gasteiger partial charge in [-0.15, -0.1) is 0 Å². The van der Waals surface area contributed by atoms with Gasteiger partial charge in [-0.2, -0.15) is 0 Å². The molecule has 2 unspecified atom stereocenters. The van der Waals surface area contributed by atoms with Crippen LogP contribution in [0.1, 0.15) is 40.5 Å². The molecule has 0 spiro atoms. The predicted octanol–water partition coefficient (Wildman–Crippen LogP) is 2.12. The Hall–Kier alpha value is -0.120. The highest BCUT2D eigenvalue weighted by molar-refractivity contribution is 4.70. The van der Waals surface area contributed by atoms with Crippen molar-refractivity contribution < 1.29 is 4.74 Å². The maximum Gasteiger partial charge on any atom is 0.0615 e. The van der Waals surface area contributed by atoms with Gasteiger partial charge >= 0.3 is 0 Å². The van der Waals surface area contributed by atoms with Crippen LogP contribution in [0.3, 0.4) is 0 Å². The van der Waals surface area contributed by atoms with Gasteiger partial charge in [0.25, 0.3) is 0 Å². The first kappa shape index (κ1) is 15.9. The van der Waals surface area contributed by atoms with Crippen LogP contribution in [0.2, 0.25) is 0 Å². The molecule has 0 rings (SSSR count). The quantitative estimate of drug-likeness (QED) is 0.614. The normalized spacial score (nSPS) is 15.8. The van der Waals surface area contributed by atoms with Gasteiger partial charge in [-0.05, 0) is 40.3 Å². The van der Waals surface area contributed by atoms with E-state index in [1.54, 1.807) is 7.11 Å². The van der Waals surface area contributed by atoms with Crippen molar-refractivity contribution in [3.05, 3.63) is 0 Å². The minimum absolute atomic E-state index is 0.498. The monoisotopic (exact) mass is 230 g/mol. The Morgan fingerprint density at radius 1 is 1.12 bits per heavy atom. The SMILES string of the molecule is COCC(C)N(C)C(C)CCCNC(C)C.